The first kappa shape index (κ1) is 10.0. The highest BCUT2D eigenvalue weighted by atomic mass is 14.6. The Morgan fingerprint density at radius 2 is 1.67 bits per heavy atom. The third kappa shape index (κ3) is 3.14. The molecule has 1 aliphatic carbocycles. The Hall–Kier alpha value is -0.0400. The van der Waals surface area contributed by atoms with E-state index >= 15 is 0 Å². The van der Waals surface area contributed by atoms with E-state index in [9.17, 15) is 0 Å². The molecule has 0 aliphatic heterocycles. The van der Waals surface area contributed by atoms with Gasteiger partial charge in [0.15, 0.2) is 0 Å². The zero-order valence-electron chi connectivity index (χ0n) is 8.55. The van der Waals surface area contributed by atoms with Crippen molar-refractivity contribution in [2.45, 2.75) is 58.4 Å². The third-order valence-corrected chi connectivity index (χ3v) is 3.25. The Morgan fingerprint density at radius 3 is 2.08 bits per heavy atom. The number of hydrogen-bond acceptors (Lipinski definition) is 1. The van der Waals surface area contributed by atoms with Crippen LogP contribution in [0.3, 0.4) is 0 Å². The van der Waals surface area contributed by atoms with Gasteiger partial charge in [-0.25, -0.2) is 0 Å². The molecule has 0 radical (unpaired) electrons. The van der Waals surface area contributed by atoms with E-state index in [-0.39, 0.29) is 0 Å². The molecule has 0 bridgehead atoms. The van der Waals surface area contributed by atoms with Crippen molar-refractivity contribution >= 4 is 0 Å². The van der Waals surface area contributed by atoms with Gasteiger partial charge < -0.3 is 5.73 Å². The lowest BCUT2D eigenvalue weighted by molar-refractivity contribution is 0.250. The third-order valence-electron chi connectivity index (χ3n) is 3.25. The van der Waals surface area contributed by atoms with Crippen LogP contribution in [-0.2, 0) is 0 Å². The first-order chi connectivity index (χ1) is 5.72. The Kier molecular flexibility index (Phi) is 4.07. The quantitative estimate of drug-likeness (QED) is 0.690. The van der Waals surface area contributed by atoms with Crippen molar-refractivity contribution in [2.24, 2.45) is 17.6 Å². The van der Waals surface area contributed by atoms with E-state index in [1.807, 2.05) is 0 Å². The summed E-state index contributed by atoms with van der Waals surface area (Å²) in [7, 11) is 0. The second-order valence-corrected chi connectivity index (χ2v) is 4.51. The van der Waals surface area contributed by atoms with Gasteiger partial charge in [-0.1, -0.05) is 39.0 Å². The maximum atomic E-state index is 5.79. The largest absolute Gasteiger partial charge is 0.328 e. The molecular formula is C11H23N. The van der Waals surface area contributed by atoms with Gasteiger partial charge in [0.25, 0.3) is 0 Å². The summed E-state index contributed by atoms with van der Waals surface area (Å²) in [5.41, 5.74) is 5.79. The van der Waals surface area contributed by atoms with Crippen molar-refractivity contribution in [1.82, 2.24) is 0 Å². The lowest BCUT2D eigenvalue weighted by Gasteiger charge is -2.28. The molecule has 1 fully saturated rings. The predicted octanol–water partition coefficient (Wildman–Crippen LogP) is 2.94. The number of rotatable bonds is 3. The van der Waals surface area contributed by atoms with E-state index < -0.39 is 0 Å². The monoisotopic (exact) mass is 169 g/mol. The normalized spacial score (nSPS) is 33.2. The van der Waals surface area contributed by atoms with Crippen molar-refractivity contribution in [3.63, 3.8) is 0 Å². The van der Waals surface area contributed by atoms with Crippen LogP contribution in [0.2, 0.25) is 0 Å². The van der Waals surface area contributed by atoms with E-state index in [0.717, 1.165) is 11.8 Å². The molecular weight excluding hydrogens is 146 g/mol. The lowest BCUT2D eigenvalue weighted by Crippen LogP contribution is -2.23. The average Bonchev–Trinajstić information content (AvgIpc) is 2.05. The summed E-state index contributed by atoms with van der Waals surface area (Å²) in [4.78, 5) is 0. The summed E-state index contributed by atoms with van der Waals surface area (Å²) >= 11 is 0. The van der Waals surface area contributed by atoms with E-state index in [1.165, 1.54) is 38.5 Å². The predicted molar refractivity (Wildman–Crippen MR) is 54.0 cm³/mol. The topological polar surface area (TPSA) is 26.0 Å². The molecule has 72 valence electrons. The first-order valence-corrected chi connectivity index (χ1v) is 5.48. The first-order valence-electron chi connectivity index (χ1n) is 5.48. The molecule has 0 aromatic heterocycles. The van der Waals surface area contributed by atoms with Crippen LogP contribution < -0.4 is 5.73 Å². The molecule has 1 rings (SSSR count). The minimum atomic E-state index is 0.410. The molecule has 1 atom stereocenters. The molecule has 1 saturated carbocycles. The maximum absolute atomic E-state index is 5.79. The molecule has 12 heavy (non-hydrogen) atoms. The van der Waals surface area contributed by atoms with E-state index in [0.29, 0.717) is 6.04 Å². The Labute approximate surface area is 76.7 Å². The summed E-state index contributed by atoms with van der Waals surface area (Å²) in [5.74, 6) is 1.96. The van der Waals surface area contributed by atoms with Gasteiger partial charge in [-0.3, -0.25) is 0 Å². The van der Waals surface area contributed by atoms with Crippen LogP contribution in [0.15, 0.2) is 0 Å². The number of hydrogen-bond donors (Lipinski definition) is 1. The van der Waals surface area contributed by atoms with E-state index in [4.69, 9.17) is 5.73 Å². The minimum Gasteiger partial charge on any atom is -0.328 e. The molecule has 1 heteroatoms. The summed E-state index contributed by atoms with van der Waals surface area (Å²) in [6.07, 6.45) is 8.39. The minimum absolute atomic E-state index is 0.410. The van der Waals surface area contributed by atoms with Crippen molar-refractivity contribution in [3.05, 3.63) is 0 Å². The van der Waals surface area contributed by atoms with Gasteiger partial charge >= 0.3 is 0 Å². The molecule has 0 aromatic carbocycles. The van der Waals surface area contributed by atoms with Crippen LogP contribution >= 0.6 is 0 Å². The average molecular weight is 169 g/mol. The summed E-state index contributed by atoms with van der Waals surface area (Å²) in [5, 5.41) is 0. The molecule has 0 unspecified atom stereocenters. The van der Waals surface area contributed by atoms with Crippen LogP contribution in [0.25, 0.3) is 0 Å². The van der Waals surface area contributed by atoms with Gasteiger partial charge in [0.1, 0.15) is 0 Å². The second kappa shape index (κ2) is 4.86. The summed E-state index contributed by atoms with van der Waals surface area (Å²) in [6.45, 7) is 4.45. The fourth-order valence-electron chi connectivity index (χ4n) is 2.40. The van der Waals surface area contributed by atoms with Gasteiger partial charge in [-0.2, -0.15) is 0 Å². The fraction of sp³-hybridized carbons (Fsp3) is 1.00. The Bertz CT molecular complexity index is 112. The van der Waals surface area contributed by atoms with E-state index in [1.54, 1.807) is 0 Å². The van der Waals surface area contributed by atoms with Gasteiger partial charge in [-0.15, -0.1) is 0 Å². The molecule has 0 aromatic rings. The fourth-order valence-corrected chi connectivity index (χ4v) is 2.40. The highest BCUT2D eigenvalue weighted by molar-refractivity contribution is 4.73. The summed E-state index contributed by atoms with van der Waals surface area (Å²) < 4.78 is 0. The van der Waals surface area contributed by atoms with Crippen molar-refractivity contribution in [1.29, 1.82) is 0 Å². The SMILES string of the molecule is CCC1CCC(C[C@@H](C)N)CC1. The van der Waals surface area contributed by atoms with Crippen molar-refractivity contribution in [3.8, 4) is 0 Å². The zero-order chi connectivity index (χ0) is 8.97. The van der Waals surface area contributed by atoms with Gasteiger partial charge in [0.2, 0.25) is 0 Å². The maximum Gasteiger partial charge on any atom is 0.00131 e. The van der Waals surface area contributed by atoms with Gasteiger partial charge in [0.05, 0.1) is 0 Å². The standard InChI is InChI=1S/C11H23N/c1-3-10-4-6-11(7-5-10)8-9(2)12/h9-11H,3-8,12H2,1-2H3/t9-,10?,11?/m1/s1. The molecule has 1 nitrogen and oxygen atoms in total. The molecule has 0 spiro atoms. The second-order valence-electron chi connectivity index (χ2n) is 4.51. The van der Waals surface area contributed by atoms with E-state index in [2.05, 4.69) is 13.8 Å². The highest BCUT2D eigenvalue weighted by Gasteiger charge is 2.20. The van der Waals surface area contributed by atoms with Crippen LogP contribution in [-0.4, -0.2) is 6.04 Å². The van der Waals surface area contributed by atoms with Gasteiger partial charge in [-0.05, 0) is 25.2 Å². The van der Waals surface area contributed by atoms with Crippen LogP contribution in [0, 0.1) is 11.8 Å². The van der Waals surface area contributed by atoms with Crippen LogP contribution in [0.4, 0.5) is 0 Å². The summed E-state index contributed by atoms with van der Waals surface area (Å²) in [6, 6.07) is 0.410. The molecule has 2 N–H and O–H groups in total. The van der Waals surface area contributed by atoms with Crippen LogP contribution in [0.1, 0.15) is 52.4 Å². The zero-order valence-corrected chi connectivity index (χ0v) is 8.55. The smallest absolute Gasteiger partial charge is 0.00131 e. The Morgan fingerprint density at radius 1 is 1.17 bits per heavy atom. The van der Waals surface area contributed by atoms with Crippen molar-refractivity contribution in [2.75, 3.05) is 0 Å². The van der Waals surface area contributed by atoms with Gasteiger partial charge in [0, 0.05) is 6.04 Å². The molecule has 0 heterocycles. The molecule has 0 amide bonds. The van der Waals surface area contributed by atoms with Crippen LogP contribution in [0.5, 0.6) is 0 Å². The Balaban J connectivity index is 2.17. The molecule has 0 saturated heterocycles. The highest BCUT2D eigenvalue weighted by Crippen LogP contribution is 2.32. The van der Waals surface area contributed by atoms with Crippen molar-refractivity contribution < 1.29 is 0 Å². The molecule has 1 aliphatic rings. The number of nitrogens with two attached hydrogens (primary N) is 1. The lowest BCUT2D eigenvalue weighted by atomic mass is 9.78.